The summed E-state index contributed by atoms with van der Waals surface area (Å²) in [6, 6.07) is 3.44. The quantitative estimate of drug-likeness (QED) is 0.782. The Morgan fingerprint density at radius 1 is 1.31 bits per heavy atom. The molecule has 0 bridgehead atoms. The third-order valence-corrected chi connectivity index (χ3v) is 5.53. The molecule has 1 aromatic carbocycles. The molecule has 0 unspecified atom stereocenters. The Hall–Kier alpha value is -2.41. The van der Waals surface area contributed by atoms with E-state index in [0.717, 1.165) is 48.4 Å². The van der Waals surface area contributed by atoms with Crippen LogP contribution in [0, 0.1) is 19.7 Å². The maximum atomic E-state index is 14.6. The maximum absolute atomic E-state index is 14.6. The number of rotatable bonds is 3. The molecule has 0 atom stereocenters. The molecule has 1 aliphatic heterocycles. The number of piperidine rings is 1. The molecule has 1 N–H and O–H groups in total. The largest absolute Gasteiger partial charge is 0.420 e. The Balaban J connectivity index is 1.82. The number of hydrogen-bond acceptors (Lipinski definition) is 4. The first-order chi connectivity index (χ1) is 12.5. The molecule has 7 heteroatoms. The van der Waals surface area contributed by atoms with E-state index in [1.807, 2.05) is 27.0 Å². The lowest BCUT2D eigenvalue weighted by Gasteiger charge is -2.23. The van der Waals surface area contributed by atoms with E-state index in [-0.39, 0.29) is 5.58 Å². The zero-order valence-electron chi connectivity index (χ0n) is 15.3. The molecule has 2 aromatic heterocycles. The van der Waals surface area contributed by atoms with Crippen molar-refractivity contribution in [3.63, 3.8) is 0 Å². The summed E-state index contributed by atoms with van der Waals surface area (Å²) in [6.07, 6.45) is 1.93. The first-order valence-electron chi connectivity index (χ1n) is 8.98. The molecule has 0 radical (unpaired) electrons. The van der Waals surface area contributed by atoms with Gasteiger partial charge in [0, 0.05) is 18.3 Å². The second-order valence-electron chi connectivity index (χ2n) is 7.10. The molecule has 3 heterocycles. The van der Waals surface area contributed by atoms with Crippen LogP contribution in [-0.4, -0.2) is 27.4 Å². The van der Waals surface area contributed by atoms with Crippen LogP contribution >= 0.6 is 0 Å². The third kappa shape index (κ3) is 2.76. The van der Waals surface area contributed by atoms with Crippen LogP contribution in [0.1, 0.15) is 41.3 Å². The highest BCUT2D eigenvalue weighted by molar-refractivity contribution is 5.75. The van der Waals surface area contributed by atoms with Crippen molar-refractivity contribution < 1.29 is 8.81 Å². The summed E-state index contributed by atoms with van der Waals surface area (Å²) in [7, 11) is 1.87. The van der Waals surface area contributed by atoms with Gasteiger partial charge in [-0.2, -0.15) is 5.10 Å². The molecular weight excluding hydrogens is 335 g/mol. The molecule has 1 aliphatic rings. The first-order valence-corrected chi connectivity index (χ1v) is 8.98. The van der Waals surface area contributed by atoms with Crippen molar-refractivity contribution in [2.24, 2.45) is 7.05 Å². The normalized spacial score (nSPS) is 15.8. The minimum absolute atomic E-state index is 0.0341. The molecule has 138 valence electrons. The van der Waals surface area contributed by atoms with E-state index in [9.17, 15) is 9.18 Å². The van der Waals surface area contributed by atoms with Crippen molar-refractivity contribution >= 4 is 11.1 Å². The predicted molar refractivity (Wildman–Crippen MR) is 97.1 cm³/mol. The molecule has 6 nitrogen and oxygen atoms in total. The van der Waals surface area contributed by atoms with Crippen molar-refractivity contribution in [3.05, 3.63) is 51.0 Å². The highest BCUT2D eigenvalue weighted by atomic mass is 19.1. The van der Waals surface area contributed by atoms with Crippen molar-refractivity contribution in [3.8, 4) is 0 Å². The Bertz CT molecular complexity index is 1020. The molecular formula is C19H23FN4O2. The fourth-order valence-electron chi connectivity index (χ4n) is 3.89. The summed E-state index contributed by atoms with van der Waals surface area (Å²) >= 11 is 0. The lowest BCUT2D eigenvalue weighted by molar-refractivity contribution is 0.458. The lowest BCUT2D eigenvalue weighted by Crippen LogP contribution is -2.26. The van der Waals surface area contributed by atoms with Gasteiger partial charge in [0.1, 0.15) is 0 Å². The molecule has 4 rings (SSSR count). The number of aromatic nitrogens is 3. The lowest BCUT2D eigenvalue weighted by atomic mass is 9.90. The zero-order chi connectivity index (χ0) is 18.4. The van der Waals surface area contributed by atoms with Gasteiger partial charge in [-0.15, -0.1) is 0 Å². The number of halogens is 1. The smallest absolute Gasteiger partial charge is 0.405 e. The van der Waals surface area contributed by atoms with Crippen LogP contribution in [0.4, 0.5) is 4.39 Å². The van der Waals surface area contributed by atoms with Gasteiger partial charge in [-0.3, -0.25) is 9.25 Å². The van der Waals surface area contributed by atoms with E-state index in [2.05, 4.69) is 10.4 Å². The molecule has 0 aliphatic carbocycles. The van der Waals surface area contributed by atoms with Gasteiger partial charge in [0.15, 0.2) is 11.4 Å². The minimum Gasteiger partial charge on any atom is -0.405 e. The van der Waals surface area contributed by atoms with E-state index >= 15 is 0 Å². The average molecular weight is 358 g/mol. The van der Waals surface area contributed by atoms with E-state index in [1.165, 1.54) is 10.6 Å². The fourth-order valence-corrected chi connectivity index (χ4v) is 3.89. The van der Waals surface area contributed by atoms with Crippen LogP contribution in [0.15, 0.2) is 21.3 Å². The fraction of sp³-hybridized carbons (Fsp3) is 0.474. The van der Waals surface area contributed by atoms with Crippen LogP contribution in [0.3, 0.4) is 0 Å². The summed E-state index contributed by atoms with van der Waals surface area (Å²) in [5.41, 5.74) is 4.30. The van der Waals surface area contributed by atoms with Crippen LogP contribution in [-0.2, 0) is 13.6 Å². The number of benzene rings is 1. The van der Waals surface area contributed by atoms with Crippen molar-refractivity contribution in [1.29, 1.82) is 0 Å². The maximum Gasteiger partial charge on any atom is 0.420 e. The van der Waals surface area contributed by atoms with Gasteiger partial charge in [-0.05, 0) is 63.4 Å². The van der Waals surface area contributed by atoms with Gasteiger partial charge in [-0.25, -0.2) is 9.18 Å². The average Bonchev–Trinajstić information content (AvgIpc) is 3.07. The number of nitrogens with one attached hydrogen (secondary N) is 1. The molecule has 0 spiro atoms. The van der Waals surface area contributed by atoms with Gasteiger partial charge in [0.2, 0.25) is 0 Å². The Labute approximate surface area is 150 Å². The Morgan fingerprint density at radius 2 is 2.04 bits per heavy atom. The molecule has 1 saturated heterocycles. The van der Waals surface area contributed by atoms with Crippen molar-refractivity contribution in [2.75, 3.05) is 13.1 Å². The number of hydrogen-bond donors (Lipinski definition) is 1. The van der Waals surface area contributed by atoms with E-state index < -0.39 is 11.6 Å². The second kappa shape index (κ2) is 6.39. The minimum atomic E-state index is -0.538. The van der Waals surface area contributed by atoms with Crippen LogP contribution in [0.2, 0.25) is 0 Å². The second-order valence-corrected chi connectivity index (χ2v) is 7.10. The molecule has 26 heavy (non-hydrogen) atoms. The summed E-state index contributed by atoms with van der Waals surface area (Å²) in [4.78, 5) is 12.4. The Morgan fingerprint density at radius 3 is 2.69 bits per heavy atom. The van der Waals surface area contributed by atoms with Crippen molar-refractivity contribution in [1.82, 2.24) is 19.7 Å². The third-order valence-electron chi connectivity index (χ3n) is 5.53. The number of oxazole rings is 1. The van der Waals surface area contributed by atoms with Crippen LogP contribution in [0.5, 0.6) is 0 Å². The highest BCUT2D eigenvalue weighted by Crippen LogP contribution is 2.30. The number of nitrogens with zero attached hydrogens (tertiary/aromatic N) is 3. The SMILES string of the molecule is Cc1nn(C)c(C)c1Cn1c(=O)oc2c(F)cc(C3CCNCC3)cc21. The van der Waals surface area contributed by atoms with Gasteiger partial charge in [-0.1, -0.05) is 0 Å². The van der Waals surface area contributed by atoms with E-state index in [0.29, 0.717) is 18.0 Å². The predicted octanol–water partition coefficient (Wildman–Crippen LogP) is 2.60. The van der Waals surface area contributed by atoms with Gasteiger partial charge >= 0.3 is 5.76 Å². The van der Waals surface area contributed by atoms with Crippen LogP contribution < -0.4 is 11.1 Å². The van der Waals surface area contributed by atoms with Gasteiger partial charge < -0.3 is 9.73 Å². The summed E-state index contributed by atoms with van der Waals surface area (Å²) < 4.78 is 23.1. The highest BCUT2D eigenvalue weighted by Gasteiger charge is 2.22. The molecule has 0 saturated carbocycles. The van der Waals surface area contributed by atoms with E-state index in [4.69, 9.17) is 4.42 Å². The van der Waals surface area contributed by atoms with Gasteiger partial charge in [0.25, 0.3) is 0 Å². The Kier molecular flexibility index (Phi) is 4.19. The number of fused-ring (bicyclic) bond motifs is 1. The van der Waals surface area contributed by atoms with Crippen LogP contribution in [0.25, 0.3) is 11.1 Å². The van der Waals surface area contributed by atoms with Gasteiger partial charge in [0.05, 0.1) is 17.8 Å². The first kappa shape index (κ1) is 17.0. The summed E-state index contributed by atoms with van der Waals surface area (Å²) in [5, 5.41) is 7.72. The molecule has 0 amide bonds. The molecule has 3 aromatic rings. The zero-order valence-corrected chi connectivity index (χ0v) is 15.3. The number of aryl methyl sites for hydroxylation is 2. The standard InChI is InChI=1S/C19H23FN4O2/c1-11-15(12(2)23(3)22-11)10-24-17-9-14(13-4-6-21-7-5-13)8-16(20)18(17)26-19(24)25/h8-9,13,21H,4-7,10H2,1-3H3. The topological polar surface area (TPSA) is 65.0 Å². The summed E-state index contributed by atoms with van der Waals surface area (Å²) in [5.74, 6) is -0.703. The summed E-state index contributed by atoms with van der Waals surface area (Å²) in [6.45, 7) is 6.06. The van der Waals surface area contributed by atoms with Crippen molar-refractivity contribution in [2.45, 2.75) is 39.2 Å². The van der Waals surface area contributed by atoms with E-state index in [1.54, 1.807) is 4.68 Å². The molecule has 1 fully saturated rings. The monoisotopic (exact) mass is 358 g/mol.